The van der Waals surface area contributed by atoms with Crippen LogP contribution in [0.25, 0.3) is 0 Å². The van der Waals surface area contributed by atoms with Gasteiger partial charge in [-0.2, -0.15) is 0 Å². The van der Waals surface area contributed by atoms with Gasteiger partial charge in [0, 0.05) is 13.6 Å². The fourth-order valence-corrected chi connectivity index (χ4v) is 2.07. The van der Waals surface area contributed by atoms with E-state index in [0.29, 0.717) is 16.8 Å². The molecule has 92 valence electrons. The van der Waals surface area contributed by atoms with Crippen molar-refractivity contribution in [2.75, 3.05) is 26.7 Å². The summed E-state index contributed by atoms with van der Waals surface area (Å²) >= 11 is 5.63. The van der Waals surface area contributed by atoms with Gasteiger partial charge >= 0.3 is 0 Å². The lowest BCUT2D eigenvalue weighted by molar-refractivity contribution is 0.0769. The highest BCUT2D eigenvalue weighted by atomic mass is 35.5. The summed E-state index contributed by atoms with van der Waals surface area (Å²) in [5.41, 5.74) is 0.336. The van der Waals surface area contributed by atoms with Gasteiger partial charge in [-0.1, -0.05) is 11.6 Å². The third kappa shape index (κ3) is 3.14. The van der Waals surface area contributed by atoms with Crippen molar-refractivity contribution in [1.29, 1.82) is 0 Å². The highest BCUT2D eigenvalue weighted by molar-refractivity contribution is 6.29. The summed E-state index contributed by atoms with van der Waals surface area (Å²) in [4.78, 5) is 13.7. The van der Waals surface area contributed by atoms with E-state index in [1.54, 1.807) is 24.1 Å². The molecule has 6 heteroatoms. The molecule has 1 aromatic heterocycles. The number of nitrogens with one attached hydrogen (secondary N) is 1. The summed E-state index contributed by atoms with van der Waals surface area (Å²) in [6.07, 6.45) is 1.11. The minimum atomic E-state index is -0.110. The van der Waals surface area contributed by atoms with Gasteiger partial charge in [-0.05, 0) is 37.6 Å². The molecule has 1 aliphatic heterocycles. The van der Waals surface area contributed by atoms with E-state index in [9.17, 15) is 4.79 Å². The summed E-state index contributed by atoms with van der Waals surface area (Å²) in [7, 11) is 1.79. The number of carbonyl (C=O) groups excluding carboxylic acids is 1. The second-order valence-corrected chi connectivity index (χ2v) is 4.67. The number of amides is 1. The van der Waals surface area contributed by atoms with E-state index in [1.807, 2.05) is 0 Å². The van der Waals surface area contributed by atoms with E-state index in [1.165, 1.54) is 0 Å². The van der Waals surface area contributed by atoms with Gasteiger partial charge < -0.3 is 10.2 Å². The monoisotopic (exact) mass is 254 g/mol. The summed E-state index contributed by atoms with van der Waals surface area (Å²) in [5.74, 6) is 0.422. The molecule has 17 heavy (non-hydrogen) atoms. The Kier molecular flexibility index (Phi) is 3.91. The molecule has 0 aromatic carbocycles. The lowest BCUT2D eigenvalue weighted by Crippen LogP contribution is -2.33. The van der Waals surface area contributed by atoms with Crippen LogP contribution in [-0.4, -0.2) is 47.7 Å². The van der Waals surface area contributed by atoms with Crippen molar-refractivity contribution in [3.8, 4) is 0 Å². The summed E-state index contributed by atoms with van der Waals surface area (Å²) in [5, 5.41) is 11.0. The molecule has 0 radical (unpaired) electrons. The Morgan fingerprint density at radius 2 is 2.41 bits per heavy atom. The van der Waals surface area contributed by atoms with E-state index < -0.39 is 0 Å². The minimum Gasteiger partial charge on any atom is -0.340 e. The summed E-state index contributed by atoms with van der Waals surface area (Å²) < 4.78 is 0. The van der Waals surface area contributed by atoms with Crippen molar-refractivity contribution in [3.05, 3.63) is 23.0 Å². The Labute approximate surface area is 105 Å². The van der Waals surface area contributed by atoms with Gasteiger partial charge in [0.25, 0.3) is 5.91 Å². The lowest BCUT2D eigenvalue weighted by Gasteiger charge is -2.20. The van der Waals surface area contributed by atoms with Gasteiger partial charge in [-0.3, -0.25) is 4.79 Å². The first kappa shape index (κ1) is 12.3. The molecule has 0 bridgehead atoms. The normalized spacial score (nSPS) is 19.3. The van der Waals surface area contributed by atoms with Crippen LogP contribution in [0.1, 0.15) is 16.9 Å². The predicted octanol–water partition coefficient (Wildman–Crippen LogP) is 0.811. The van der Waals surface area contributed by atoms with E-state index in [4.69, 9.17) is 11.6 Å². The maximum Gasteiger partial charge on any atom is 0.274 e. The second kappa shape index (κ2) is 5.42. The van der Waals surface area contributed by atoms with Gasteiger partial charge in [-0.25, -0.2) is 0 Å². The zero-order valence-electron chi connectivity index (χ0n) is 9.69. The van der Waals surface area contributed by atoms with Crippen LogP contribution in [-0.2, 0) is 0 Å². The van der Waals surface area contributed by atoms with Crippen LogP contribution in [0.5, 0.6) is 0 Å². The summed E-state index contributed by atoms with van der Waals surface area (Å²) in [6, 6.07) is 3.17. The summed E-state index contributed by atoms with van der Waals surface area (Å²) in [6.45, 7) is 2.76. The number of halogens is 1. The number of hydrogen-bond acceptors (Lipinski definition) is 4. The first-order valence-corrected chi connectivity index (χ1v) is 6.00. The number of hydrogen-bond donors (Lipinski definition) is 1. The standard InChI is InChI=1S/C11H15ClN4O/c1-16(7-8-4-5-13-6-8)11(17)9-2-3-10(12)15-14-9/h2-3,8,13H,4-7H2,1H3. The van der Waals surface area contributed by atoms with Crippen molar-refractivity contribution in [2.45, 2.75) is 6.42 Å². The van der Waals surface area contributed by atoms with Crippen molar-refractivity contribution in [1.82, 2.24) is 20.4 Å². The molecule has 0 saturated carbocycles. The van der Waals surface area contributed by atoms with Gasteiger partial charge in [0.1, 0.15) is 0 Å². The minimum absolute atomic E-state index is 0.110. The Bertz CT molecular complexity index is 389. The largest absolute Gasteiger partial charge is 0.340 e. The fraction of sp³-hybridized carbons (Fsp3) is 0.545. The molecule has 1 fully saturated rings. The molecule has 2 rings (SSSR count). The van der Waals surface area contributed by atoms with Crippen molar-refractivity contribution >= 4 is 17.5 Å². The molecular weight excluding hydrogens is 240 g/mol. The first-order valence-electron chi connectivity index (χ1n) is 5.62. The quantitative estimate of drug-likeness (QED) is 0.867. The van der Waals surface area contributed by atoms with Crippen LogP contribution < -0.4 is 5.32 Å². The van der Waals surface area contributed by atoms with Crippen LogP contribution in [0.2, 0.25) is 5.15 Å². The topological polar surface area (TPSA) is 58.1 Å². The lowest BCUT2D eigenvalue weighted by atomic mass is 10.1. The van der Waals surface area contributed by atoms with Crippen molar-refractivity contribution in [3.63, 3.8) is 0 Å². The highest BCUT2D eigenvalue weighted by Gasteiger charge is 2.20. The second-order valence-electron chi connectivity index (χ2n) is 4.29. The zero-order chi connectivity index (χ0) is 12.3. The number of nitrogens with zero attached hydrogens (tertiary/aromatic N) is 3. The molecule has 1 atom stereocenters. The number of carbonyl (C=O) groups is 1. The molecule has 5 nitrogen and oxygen atoms in total. The molecule has 1 saturated heterocycles. The molecule has 1 unspecified atom stereocenters. The van der Waals surface area contributed by atoms with Crippen LogP contribution in [0.3, 0.4) is 0 Å². The molecular formula is C11H15ClN4O. The molecule has 1 N–H and O–H groups in total. The van der Waals surface area contributed by atoms with E-state index in [0.717, 1.165) is 26.1 Å². The smallest absolute Gasteiger partial charge is 0.274 e. The average molecular weight is 255 g/mol. The van der Waals surface area contributed by atoms with Gasteiger partial charge in [0.15, 0.2) is 10.8 Å². The van der Waals surface area contributed by atoms with E-state index >= 15 is 0 Å². The van der Waals surface area contributed by atoms with Crippen LogP contribution >= 0.6 is 11.6 Å². The molecule has 0 aliphatic carbocycles. The third-order valence-corrected chi connectivity index (χ3v) is 3.09. The third-order valence-electron chi connectivity index (χ3n) is 2.89. The fourth-order valence-electron chi connectivity index (χ4n) is 1.97. The number of aromatic nitrogens is 2. The zero-order valence-corrected chi connectivity index (χ0v) is 10.4. The predicted molar refractivity (Wildman–Crippen MR) is 65.0 cm³/mol. The molecule has 1 aliphatic rings. The van der Waals surface area contributed by atoms with Crippen molar-refractivity contribution in [2.24, 2.45) is 5.92 Å². The highest BCUT2D eigenvalue weighted by Crippen LogP contribution is 2.11. The molecule has 1 amide bonds. The molecule has 1 aromatic rings. The van der Waals surface area contributed by atoms with Crippen molar-refractivity contribution < 1.29 is 4.79 Å². The maximum atomic E-state index is 12.0. The van der Waals surface area contributed by atoms with E-state index in [2.05, 4.69) is 15.5 Å². The Morgan fingerprint density at radius 3 is 3.00 bits per heavy atom. The van der Waals surface area contributed by atoms with Crippen LogP contribution in [0, 0.1) is 5.92 Å². The van der Waals surface area contributed by atoms with E-state index in [-0.39, 0.29) is 5.91 Å². The number of rotatable bonds is 3. The molecule has 0 spiro atoms. The SMILES string of the molecule is CN(CC1CCNC1)C(=O)c1ccc(Cl)nn1. The van der Waals surface area contributed by atoms with Gasteiger partial charge in [0.2, 0.25) is 0 Å². The van der Waals surface area contributed by atoms with Gasteiger partial charge in [-0.15, -0.1) is 10.2 Å². The Hall–Kier alpha value is -1.20. The Balaban J connectivity index is 1.96. The first-order chi connectivity index (χ1) is 8.16. The maximum absolute atomic E-state index is 12.0. The molecule has 2 heterocycles. The average Bonchev–Trinajstić information content (AvgIpc) is 2.82. The van der Waals surface area contributed by atoms with Crippen LogP contribution in [0.15, 0.2) is 12.1 Å². The van der Waals surface area contributed by atoms with Crippen LogP contribution in [0.4, 0.5) is 0 Å². The van der Waals surface area contributed by atoms with Gasteiger partial charge in [0.05, 0.1) is 0 Å². The Morgan fingerprint density at radius 1 is 1.59 bits per heavy atom.